The van der Waals surface area contributed by atoms with Gasteiger partial charge in [0.2, 0.25) is 0 Å². The Labute approximate surface area is 98.0 Å². The zero-order valence-electron chi connectivity index (χ0n) is 10.4. The molecule has 2 rings (SSSR count). The molecule has 2 aliphatic heterocycles. The summed E-state index contributed by atoms with van der Waals surface area (Å²) in [6, 6.07) is 1.41. The van der Waals surface area contributed by atoms with E-state index < -0.39 is 0 Å². The van der Waals surface area contributed by atoms with Gasteiger partial charge in [-0.05, 0) is 32.7 Å². The number of rotatable bonds is 2. The molecule has 92 valence electrons. The highest BCUT2D eigenvalue weighted by atomic mass is 16.2. The van der Waals surface area contributed by atoms with Crippen LogP contribution in [0.3, 0.4) is 0 Å². The van der Waals surface area contributed by atoms with E-state index in [1.807, 2.05) is 4.90 Å². The SMILES string of the molecule is CCCNC(=O)N1CCC2CCC(C1)N2C. The Morgan fingerprint density at radius 1 is 1.31 bits per heavy atom. The first-order valence-corrected chi connectivity index (χ1v) is 6.47. The van der Waals surface area contributed by atoms with Gasteiger partial charge in [-0.15, -0.1) is 0 Å². The van der Waals surface area contributed by atoms with Crippen molar-refractivity contribution in [1.82, 2.24) is 15.1 Å². The summed E-state index contributed by atoms with van der Waals surface area (Å²) in [5, 5.41) is 2.97. The van der Waals surface area contributed by atoms with Gasteiger partial charge in [0.25, 0.3) is 0 Å². The molecule has 2 aliphatic rings. The van der Waals surface area contributed by atoms with E-state index in [2.05, 4.69) is 24.2 Å². The van der Waals surface area contributed by atoms with E-state index in [0.717, 1.165) is 32.5 Å². The smallest absolute Gasteiger partial charge is 0.317 e. The zero-order chi connectivity index (χ0) is 11.5. The Balaban J connectivity index is 1.90. The Bertz CT molecular complexity index is 257. The lowest BCUT2D eigenvalue weighted by Gasteiger charge is -2.25. The second kappa shape index (κ2) is 5.04. The monoisotopic (exact) mass is 225 g/mol. The van der Waals surface area contributed by atoms with Crippen LogP contribution < -0.4 is 5.32 Å². The Morgan fingerprint density at radius 3 is 2.81 bits per heavy atom. The summed E-state index contributed by atoms with van der Waals surface area (Å²) in [5.41, 5.74) is 0. The molecule has 0 aromatic carbocycles. The Hall–Kier alpha value is -0.770. The standard InChI is InChI=1S/C12H23N3O/c1-3-7-13-12(16)15-8-6-10-4-5-11(9-15)14(10)2/h10-11H,3-9H2,1-2H3,(H,13,16). The molecule has 1 N–H and O–H groups in total. The molecule has 2 unspecified atom stereocenters. The molecule has 0 aromatic rings. The minimum Gasteiger partial charge on any atom is -0.338 e. The van der Waals surface area contributed by atoms with Crippen molar-refractivity contribution >= 4 is 6.03 Å². The van der Waals surface area contributed by atoms with Crippen LogP contribution in [0.2, 0.25) is 0 Å². The first kappa shape index (κ1) is 11.7. The maximum Gasteiger partial charge on any atom is 0.317 e. The molecule has 4 heteroatoms. The summed E-state index contributed by atoms with van der Waals surface area (Å²) < 4.78 is 0. The first-order valence-electron chi connectivity index (χ1n) is 6.47. The summed E-state index contributed by atoms with van der Waals surface area (Å²) in [6.45, 7) is 4.70. The normalized spacial score (nSPS) is 30.2. The summed E-state index contributed by atoms with van der Waals surface area (Å²) in [5.74, 6) is 0. The number of amides is 2. The number of hydrogen-bond acceptors (Lipinski definition) is 2. The average molecular weight is 225 g/mol. The molecule has 0 spiro atoms. The number of nitrogens with zero attached hydrogens (tertiary/aromatic N) is 2. The Morgan fingerprint density at radius 2 is 2.06 bits per heavy atom. The third-order valence-electron chi connectivity index (χ3n) is 3.96. The van der Waals surface area contributed by atoms with Crippen LogP contribution in [-0.2, 0) is 0 Å². The maximum absolute atomic E-state index is 11.9. The van der Waals surface area contributed by atoms with Crippen molar-refractivity contribution < 1.29 is 4.79 Å². The molecule has 2 fully saturated rings. The number of likely N-dealkylation sites (N-methyl/N-ethyl adjacent to an activating group) is 1. The topological polar surface area (TPSA) is 35.6 Å². The second-order valence-corrected chi connectivity index (χ2v) is 5.02. The molecule has 2 heterocycles. The van der Waals surface area contributed by atoms with Crippen molar-refractivity contribution in [2.75, 3.05) is 26.7 Å². The zero-order valence-corrected chi connectivity index (χ0v) is 10.4. The van der Waals surface area contributed by atoms with Crippen molar-refractivity contribution in [2.45, 2.75) is 44.7 Å². The number of nitrogens with one attached hydrogen (secondary N) is 1. The van der Waals surface area contributed by atoms with E-state index in [1.54, 1.807) is 0 Å². The number of fused-ring (bicyclic) bond motifs is 2. The largest absolute Gasteiger partial charge is 0.338 e. The lowest BCUT2D eigenvalue weighted by Crippen LogP contribution is -2.44. The quantitative estimate of drug-likeness (QED) is 0.768. The van der Waals surface area contributed by atoms with Gasteiger partial charge in [0.15, 0.2) is 0 Å². The van der Waals surface area contributed by atoms with Gasteiger partial charge in [0, 0.05) is 31.7 Å². The minimum atomic E-state index is 0.128. The van der Waals surface area contributed by atoms with Gasteiger partial charge >= 0.3 is 6.03 Å². The molecule has 0 aliphatic carbocycles. The van der Waals surface area contributed by atoms with E-state index in [9.17, 15) is 4.79 Å². The lowest BCUT2D eigenvalue weighted by molar-refractivity contribution is 0.188. The first-order chi connectivity index (χ1) is 7.72. The molecule has 2 saturated heterocycles. The summed E-state index contributed by atoms with van der Waals surface area (Å²) in [4.78, 5) is 16.4. The third kappa shape index (κ3) is 2.32. The number of hydrogen-bond donors (Lipinski definition) is 1. The van der Waals surface area contributed by atoms with Crippen molar-refractivity contribution in [3.05, 3.63) is 0 Å². The van der Waals surface area contributed by atoms with Gasteiger partial charge in [0.05, 0.1) is 0 Å². The highest BCUT2D eigenvalue weighted by Crippen LogP contribution is 2.28. The Kier molecular flexibility index (Phi) is 3.69. The summed E-state index contributed by atoms with van der Waals surface area (Å²) >= 11 is 0. The molecule has 2 bridgehead atoms. The third-order valence-corrected chi connectivity index (χ3v) is 3.96. The second-order valence-electron chi connectivity index (χ2n) is 5.02. The molecule has 0 saturated carbocycles. The fourth-order valence-electron chi connectivity index (χ4n) is 2.84. The van der Waals surface area contributed by atoms with Gasteiger partial charge in [0.1, 0.15) is 0 Å². The molecule has 0 radical (unpaired) electrons. The molecular weight excluding hydrogens is 202 g/mol. The number of urea groups is 1. The van der Waals surface area contributed by atoms with Gasteiger partial charge < -0.3 is 10.2 Å². The van der Waals surface area contributed by atoms with Crippen LogP contribution in [0.5, 0.6) is 0 Å². The fourth-order valence-corrected chi connectivity index (χ4v) is 2.84. The molecule has 4 nitrogen and oxygen atoms in total. The molecule has 16 heavy (non-hydrogen) atoms. The van der Waals surface area contributed by atoms with Crippen LogP contribution in [-0.4, -0.2) is 54.6 Å². The van der Waals surface area contributed by atoms with Crippen molar-refractivity contribution in [3.8, 4) is 0 Å². The van der Waals surface area contributed by atoms with Crippen LogP contribution >= 0.6 is 0 Å². The summed E-state index contributed by atoms with van der Waals surface area (Å²) in [7, 11) is 2.20. The van der Waals surface area contributed by atoms with Crippen LogP contribution in [0.25, 0.3) is 0 Å². The molecule has 0 aromatic heterocycles. The van der Waals surface area contributed by atoms with Gasteiger partial charge in [-0.1, -0.05) is 6.92 Å². The van der Waals surface area contributed by atoms with E-state index >= 15 is 0 Å². The highest BCUT2D eigenvalue weighted by Gasteiger charge is 2.35. The minimum absolute atomic E-state index is 0.128. The van der Waals surface area contributed by atoms with Crippen LogP contribution in [0, 0.1) is 0 Å². The fraction of sp³-hybridized carbons (Fsp3) is 0.917. The van der Waals surface area contributed by atoms with Gasteiger partial charge in [-0.25, -0.2) is 4.79 Å². The average Bonchev–Trinajstić information content (AvgIpc) is 2.50. The van der Waals surface area contributed by atoms with Crippen molar-refractivity contribution in [3.63, 3.8) is 0 Å². The predicted octanol–water partition coefficient (Wildman–Crippen LogP) is 1.27. The van der Waals surface area contributed by atoms with Gasteiger partial charge in [-0.2, -0.15) is 0 Å². The van der Waals surface area contributed by atoms with Crippen LogP contribution in [0.1, 0.15) is 32.6 Å². The van der Waals surface area contributed by atoms with E-state index in [0.29, 0.717) is 12.1 Å². The molecule has 2 atom stereocenters. The van der Waals surface area contributed by atoms with Crippen molar-refractivity contribution in [1.29, 1.82) is 0 Å². The van der Waals surface area contributed by atoms with Crippen LogP contribution in [0.15, 0.2) is 0 Å². The van der Waals surface area contributed by atoms with E-state index in [-0.39, 0.29) is 6.03 Å². The highest BCUT2D eigenvalue weighted by molar-refractivity contribution is 5.74. The number of carbonyl (C=O) groups is 1. The number of carbonyl (C=O) groups excluding carboxylic acids is 1. The van der Waals surface area contributed by atoms with Crippen molar-refractivity contribution in [2.24, 2.45) is 0 Å². The maximum atomic E-state index is 11.9. The van der Waals surface area contributed by atoms with E-state index in [1.165, 1.54) is 12.8 Å². The number of likely N-dealkylation sites (tertiary alicyclic amines) is 1. The predicted molar refractivity (Wildman–Crippen MR) is 64.5 cm³/mol. The summed E-state index contributed by atoms with van der Waals surface area (Å²) in [6.07, 6.45) is 4.70. The van der Waals surface area contributed by atoms with Crippen LogP contribution in [0.4, 0.5) is 4.79 Å². The molecule has 2 amide bonds. The van der Waals surface area contributed by atoms with E-state index in [4.69, 9.17) is 0 Å². The van der Waals surface area contributed by atoms with Gasteiger partial charge in [-0.3, -0.25) is 4.90 Å². The molecular formula is C12H23N3O. The lowest BCUT2D eigenvalue weighted by atomic mass is 10.1.